The number of nitrogen functional groups attached to an aromatic ring is 1. The van der Waals surface area contributed by atoms with Crippen LogP contribution in [0.3, 0.4) is 0 Å². The van der Waals surface area contributed by atoms with E-state index in [1.807, 2.05) is 12.3 Å². The molecule has 0 fully saturated rings. The Morgan fingerprint density at radius 2 is 2.00 bits per heavy atom. The third-order valence-corrected chi connectivity index (χ3v) is 2.78. The summed E-state index contributed by atoms with van der Waals surface area (Å²) in [7, 11) is 4.22. The molecule has 0 aromatic carbocycles. The summed E-state index contributed by atoms with van der Waals surface area (Å²) in [5.41, 5.74) is 6.80. The Kier molecular flexibility index (Phi) is 5.94. The van der Waals surface area contributed by atoms with Crippen molar-refractivity contribution in [1.82, 2.24) is 14.8 Å². The smallest absolute Gasteiger partial charge is 0.123 e. The van der Waals surface area contributed by atoms with Crippen LogP contribution in [-0.4, -0.2) is 48.5 Å². The molecule has 4 nitrogen and oxygen atoms in total. The first-order chi connectivity index (χ1) is 8.11. The molecule has 1 heterocycles. The van der Waals surface area contributed by atoms with Gasteiger partial charge in [0.1, 0.15) is 5.82 Å². The van der Waals surface area contributed by atoms with Crippen molar-refractivity contribution in [2.24, 2.45) is 0 Å². The van der Waals surface area contributed by atoms with Crippen molar-refractivity contribution >= 4 is 5.82 Å². The molecule has 1 aromatic rings. The van der Waals surface area contributed by atoms with Gasteiger partial charge in [0, 0.05) is 12.7 Å². The topological polar surface area (TPSA) is 45.4 Å². The van der Waals surface area contributed by atoms with E-state index in [4.69, 9.17) is 5.73 Å². The fourth-order valence-corrected chi connectivity index (χ4v) is 1.75. The molecule has 0 radical (unpaired) electrons. The van der Waals surface area contributed by atoms with Crippen LogP contribution in [0.15, 0.2) is 18.3 Å². The van der Waals surface area contributed by atoms with Gasteiger partial charge in [-0.05, 0) is 51.8 Å². The first-order valence-corrected chi connectivity index (χ1v) is 6.19. The highest BCUT2D eigenvalue weighted by atomic mass is 15.1. The summed E-state index contributed by atoms with van der Waals surface area (Å²) >= 11 is 0. The minimum atomic E-state index is 0.587. The Morgan fingerprint density at radius 3 is 2.53 bits per heavy atom. The number of hydrogen-bond acceptors (Lipinski definition) is 4. The van der Waals surface area contributed by atoms with Crippen molar-refractivity contribution in [1.29, 1.82) is 0 Å². The maximum Gasteiger partial charge on any atom is 0.123 e. The Balaban J connectivity index is 2.38. The predicted molar refractivity (Wildman–Crippen MR) is 72.8 cm³/mol. The summed E-state index contributed by atoms with van der Waals surface area (Å²) in [6.07, 6.45) is 3.06. The Bertz CT molecular complexity index is 308. The van der Waals surface area contributed by atoms with Crippen molar-refractivity contribution < 1.29 is 0 Å². The second kappa shape index (κ2) is 7.25. The number of anilines is 1. The van der Waals surface area contributed by atoms with Crippen LogP contribution in [0.4, 0.5) is 5.82 Å². The van der Waals surface area contributed by atoms with Gasteiger partial charge >= 0.3 is 0 Å². The molecule has 0 bridgehead atoms. The molecular weight excluding hydrogens is 212 g/mol. The van der Waals surface area contributed by atoms with Gasteiger partial charge in [-0.15, -0.1) is 0 Å². The lowest BCUT2D eigenvalue weighted by Gasteiger charge is -2.21. The minimum Gasteiger partial charge on any atom is -0.384 e. The van der Waals surface area contributed by atoms with Crippen LogP contribution in [0, 0.1) is 0 Å². The first kappa shape index (κ1) is 13.9. The van der Waals surface area contributed by atoms with E-state index in [0.29, 0.717) is 5.82 Å². The van der Waals surface area contributed by atoms with Crippen molar-refractivity contribution in [2.75, 3.05) is 39.5 Å². The van der Waals surface area contributed by atoms with E-state index < -0.39 is 0 Å². The molecule has 0 saturated heterocycles. The van der Waals surface area contributed by atoms with Gasteiger partial charge in [-0.3, -0.25) is 4.90 Å². The fraction of sp³-hybridized carbons (Fsp3) is 0.615. The van der Waals surface area contributed by atoms with Gasteiger partial charge in [0.25, 0.3) is 0 Å². The Morgan fingerprint density at radius 1 is 1.24 bits per heavy atom. The van der Waals surface area contributed by atoms with Crippen molar-refractivity contribution in [3.63, 3.8) is 0 Å². The minimum absolute atomic E-state index is 0.587. The van der Waals surface area contributed by atoms with E-state index >= 15 is 0 Å². The molecule has 1 rings (SSSR count). The predicted octanol–water partition coefficient (Wildman–Crippen LogP) is 1.44. The molecule has 2 N–H and O–H groups in total. The SMILES string of the molecule is CCN(CCCN(C)C)Cc1ccc(N)nc1. The van der Waals surface area contributed by atoms with Gasteiger partial charge in [0.2, 0.25) is 0 Å². The molecule has 0 unspecified atom stereocenters. The van der Waals surface area contributed by atoms with E-state index in [-0.39, 0.29) is 0 Å². The quantitative estimate of drug-likeness (QED) is 0.778. The third kappa shape index (κ3) is 5.65. The van der Waals surface area contributed by atoms with Crippen molar-refractivity contribution in [3.05, 3.63) is 23.9 Å². The lowest BCUT2D eigenvalue weighted by atomic mass is 10.2. The third-order valence-electron chi connectivity index (χ3n) is 2.78. The maximum absolute atomic E-state index is 5.57. The van der Waals surface area contributed by atoms with Crippen molar-refractivity contribution in [2.45, 2.75) is 19.9 Å². The fourth-order valence-electron chi connectivity index (χ4n) is 1.75. The zero-order valence-electron chi connectivity index (χ0n) is 11.2. The van der Waals surface area contributed by atoms with Gasteiger partial charge in [-0.25, -0.2) is 4.98 Å². The van der Waals surface area contributed by atoms with E-state index in [2.05, 4.69) is 41.9 Å². The normalized spacial score (nSPS) is 11.4. The number of aromatic nitrogens is 1. The van der Waals surface area contributed by atoms with Gasteiger partial charge in [-0.2, -0.15) is 0 Å². The molecule has 0 spiro atoms. The summed E-state index contributed by atoms with van der Waals surface area (Å²) in [5, 5.41) is 0. The van der Waals surface area contributed by atoms with Crippen molar-refractivity contribution in [3.8, 4) is 0 Å². The molecule has 0 aliphatic carbocycles. The van der Waals surface area contributed by atoms with Gasteiger partial charge < -0.3 is 10.6 Å². The molecule has 17 heavy (non-hydrogen) atoms. The largest absolute Gasteiger partial charge is 0.384 e. The highest BCUT2D eigenvalue weighted by Crippen LogP contribution is 2.06. The Labute approximate surface area is 104 Å². The highest BCUT2D eigenvalue weighted by molar-refractivity contribution is 5.29. The molecule has 96 valence electrons. The lowest BCUT2D eigenvalue weighted by Crippen LogP contribution is -2.26. The average molecular weight is 236 g/mol. The molecule has 1 aromatic heterocycles. The molecule has 0 aliphatic heterocycles. The number of hydrogen-bond donors (Lipinski definition) is 1. The second-order valence-electron chi connectivity index (χ2n) is 4.62. The van der Waals surface area contributed by atoms with Gasteiger partial charge in [-0.1, -0.05) is 13.0 Å². The van der Waals surface area contributed by atoms with Crippen LogP contribution < -0.4 is 5.73 Å². The van der Waals surface area contributed by atoms with Crippen LogP contribution in [0.25, 0.3) is 0 Å². The van der Waals surface area contributed by atoms with Crippen LogP contribution in [0.5, 0.6) is 0 Å². The van der Waals surface area contributed by atoms with E-state index in [1.54, 1.807) is 0 Å². The summed E-state index contributed by atoms with van der Waals surface area (Å²) in [6.45, 7) is 6.48. The molecule has 0 amide bonds. The number of rotatable bonds is 7. The summed E-state index contributed by atoms with van der Waals surface area (Å²) in [4.78, 5) is 8.77. The Hall–Kier alpha value is -1.13. The van der Waals surface area contributed by atoms with Crippen LogP contribution in [-0.2, 0) is 6.54 Å². The molecule has 0 aliphatic rings. The van der Waals surface area contributed by atoms with E-state index in [0.717, 1.165) is 26.2 Å². The molecule has 0 atom stereocenters. The summed E-state index contributed by atoms with van der Waals surface area (Å²) in [6, 6.07) is 3.92. The average Bonchev–Trinajstić information content (AvgIpc) is 2.30. The zero-order valence-corrected chi connectivity index (χ0v) is 11.2. The number of nitrogens with two attached hydrogens (primary N) is 1. The van der Waals surface area contributed by atoms with E-state index in [1.165, 1.54) is 12.0 Å². The second-order valence-corrected chi connectivity index (χ2v) is 4.62. The van der Waals surface area contributed by atoms with Crippen LogP contribution >= 0.6 is 0 Å². The maximum atomic E-state index is 5.57. The van der Waals surface area contributed by atoms with Gasteiger partial charge in [0.15, 0.2) is 0 Å². The number of nitrogens with zero attached hydrogens (tertiary/aromatic N) is 3. The highest BCUT2D eigenvalue weighted by Gasteiger charge is 2.04. The van der Waals surface area contributed by atoms with E-state index in [9.17, 15) is 0 Å². The standard InChI is InChI=1S/C13H24N4/c1-4-17(9-5-8-16(2)3)11-12-6-7-13(14)15-10-12/h6-7,10H,4-5,8-9,11H2,1-3H3,(H2,14,15). The summed E-state index contributed by atoms with van der Waals surface area (Å²) < 4.78 is 0. The monoisotopic (exact) mass is 236 g/mol. The van der Waals surface area contributed by atoms with Crippen LogP contribution in [0.1, 0.15) is 18.9 Å². The van der Waals surface area contributed by atoms with Crippen LogP contribution in [0.2, 0.25) is 0 Å². The summed E-state index contributed by atoms with van der Waals surface area (Å²) in [5.74, 6) is 0.587. The van der Waals surface area contributed by atoms with Gasteiger partial charge in [0.05, 0.1) is 0 Å². The molecule has 0 saturated carbocycles. The molecule has 4 heteroatoms. The zero-order chi connectivity index (χ0) is 12.7. The first-order valence-electron chi connectivity index (χ1n) is 6.19. The molecular formula is C13H24N4. The lowest BCUT2D eigenvalue weighted by molar-refractivity contribution is 0.259. The number of pyridine rings is 1.